The summed E-state index contributed by atoms with van der Waals surface area (Å²) in [5.41, 5.74) is 6.76. The lowest BCUT2D eigenvalue weighted by atomic mass is 10.2. The fourth-order valence-corrected chi connectivity index (χ4v) is 1.32. The molecule has 1 aromatic heterocycles. The number of anilines is 1. The van der Waals surface area contributed by atoms with Gasteiger partial charge in [0, 0.05) is 13.6 Å². The van der Waals surface area contributed by atoms with Crippen molar-refractivity contribution < 1.29 is 10.3 Å². The van der Waals surface area contributed by atoms with Crippen molar-refractivity contribution in [2.24, 2.45) is 10.9 Å². The van der Waals surface area contributed by atoms with Gasteiger partial charge < -0.3 is 20.9 Å². The monoisotopic (exact) mass is 238 g/mol. The number of rotatable bonds is 5. The third-order valence-corrected chi connectivity index (χ3v) is 2.44. The zero-order chi connectivity index (χ0) is 12.8. The van der Waals surface area contributed by atoms with Crippen LogP contribution in [0, 0.1) is 0 Å². The number of amidine groups is 1. The van der Waals surface area contributed by atoms with Crippen LogP contribution < -0.4 is 10.6 Å². The van der Waals surface area contributed by atoms with E-state index in [1.807, 2.05) is 18.0 Å². The van der Waals surface area contributed by atoms with Gasteiger partial charge in [0.1, 0.15) is 5.69 Å². The topological polar surface area (TPSA) is 95.0 Å². The van der Waals surface area contributed by atoms with E-state index in [0.29, 0.717) is 12.1 Å². The Morgan fingerprint density at radius 3 is 2.76 bits per heavy atom. The second-order valence-corrected chi connectivity index (χ2v) is 3.95. The highest BCUT2D eigenvalue weighted by Gasteiger charge is 2.05. The molecule has 6 heteroatoms. The molecular weight excluding hydrogens is 220 g/mol. The van der Waals surface area contributed by atoms with Crippen LogP contribution in [0.1, 0.15) is 19.0 Å². The molecule has 1 aromatic rings. The third kappa shape index (κ3) is 3.92. The number of hydrogen-bond donors (Lipinski definition) is 3. The fraction of sp³-hybridized carbons (Fsp3) is 0.455. The number of aromatic nitrogens is 1. The lowest BCUT2D eigenvalue weighted by Gasteiger charge is -2.19. The van der Waals surface area contributed by atoms with Crippen LogP contribution in [0.3, 0.4) is 0 Å². The first-order valence-corrected chi connectivity index (χ1v) is 5.37. The van der Waals surface area contributed by atoms with Crippen molar-refractivity contribution >= 4 is 11.5 Å². The van der Waals surface area contributed by atoms with Crippen LogP contribution in [0.4, 0.5) is 5.69 Å². The van der Waals surface area contributed by atoms with Crippen molar-refractivity contribution in [3.05, 3.63) is 24.0 Å². The van der Waals surface area contributed by atoms with Crippen LogP contribution in [0.2, 0.25) is 0 Å². The summed E-state index contributed by atoms with van der Waals surface area (Å²) in [5.74, 6) is -0.0109. The Morgan fingerprint density at radius 2 is 2.29 bits per heavy atom. The largest absolute Gasteiger partial charge is 0.409 e. The number of aliphatic hydroxyl groups is 1. The van der Waals surface area contributed by atoms with Crippen LogP contribution in [0.15, 0.2) is 23.5 Å². The van der Waals surface area contributed by atoms with E-state index in [1.54, 1.807) is 19.2 Å². The quantitative estimate of drug-likeness (QED) is 0.298. The van der Waals surface area contributed by atoms with Gasteiger partial charge in [-0.25, -0.2) is 0 Å². The number of nitrogens with two attached hydrogens (primary N) is 1. The smallest absolute Gasteiger partial charge is 0.188 e. The summed E-state index contributed by atoms with van der Waals surface area (Å²) in [5, 5.41) is 20.6. The Kier molecular flexibility index (Phi) is 4.71. The van der Waals surface area contributed by atoms with Gasteiger partial charge in [-0.2, -0.15) is 0 Å². The van der Waals surface area contributed by atoms with Gasteiger partial charge in [-0.3, -0.25) is 4.98 Å². The lowest BCUT2D eigenvalue weighted by Crippen LogP contribution is -2.22. The van der Waals surface area contributed by atoms with E-state index in [9.17, 15) is 5.11 Å². The van der Waals surface area contributed by atoms with Gasteiger partial charge >= 0.3 is 0 Å². The Morgan fingerprint density at radius 1 is 1.59 bits per heavy atom. The molecule has 0 radical (unpaired) electrons. The average molecular weight is 238 g/mol. The molecule has 17 heavy (non-hydrogen) atoms. The van der Waals surface area contributed by atoms with Crippen molar-refractivity contribution in [3.8, 4) is 0 Å². The molecule has 1 unspecified atom stereocenters. The predicted octanol–water partition coefficient (Wildman–Crippen LogP) is 0.383. The first-order chi connectivity index (χ1) is 8.04. The van der Waals surface area contributed by atoms with Gasteiger partial charge in [0.05, 0.1) is 18.0 Å². The molecule has 1 atom stereocenters. The van der Waals surface area contributed by atoms with Crippen molar-refractivity contribution in [1.82, 2.24) is 4.98 Å². The summed E-state index contributed by atoms with van der Waals surface area (Å²) in [7, 11) is 1.92. The maximum Gasteiger partial charge on any atom is 0.188 e. The summed E-state index contributed by atoms with van der Waals surface area (Å²) in [4.78, 5) is 6.06. The minimum absolute atomic E-state index is 0.0109. The van der Waals surface area contributed by atoms with Crippen LogP contribution in [-0.2, 0) is 0 Å². The maximum absolute atomic E-state index is 9.19. The first kappa shape index (κ1) is 13.2. The molecule has 0 aliphatic rings. The average Bonchev–Trinajstić information content (AvgIpc) is 2.35. The molecule has 6 nitrogen and oxygen atoms in total. The van der Waals surface area contributed by atoms with Gasteiger partial charge in [-0.15, -0.1) is 0 Å². The van der Waals surface area contributed by atoms with Crippen molar-refractivity contribution in [1.29, 1.82) is 0 Å². The van der Waals surface area contributed by atoms with Crippen LogP contribution in [-0.4, -0.2) is 40.8 Å². The first-order valence-electron chi connectivity index (χ1n) is 5.37. The summed E-state index contributed by atoms with van der Waals surface area (Å²) in [6.45, 7) is 2.50. The van der Waals surface area contributed by atoms with E-state index in [0.717, 1.165) is 12.2 Å². The summed E-state index contributed by atoms with van der Waals surface area (Å²) >= 11 is 0. The molecule has 0 bridgehead atoms. The molecule has 0 aromatic carbocycles. The van der Waals surface area contributed by atoms with Crippen LogP contribution in [0.5, 0.6) is 0 Å². The van der Waals surface area contributed by atoms with E-state index >= 15 is 0 Å². The molecule has 0 saturated carbocycles. The molecule has 1 rings (SSSR count). The Balaban J connectivity index is 2.67. The zero-order valence-corrected chi connectivity index (χ0v) is 10.0. The molecular formula is C11H18N4O2. The highest BCUT2D eigenvalue weighted by Crippen LogP contribution is 2.12. The predicted molar refractivity (Wildman–Crippen MR) is 66.3 cm³/mol. The summed E-state index contributed by atoms with van der Waals surface area (Å²) < 4.78 is 0. The summed E-state index contributed by atoms with van der Waals surface area (Å²) in [6, 6.07) is 3.52. The van der Waals surface area contributed by atoms with Crippen LogP contribution >= 0.6 is 0 Å². The van der Waals surface area contributed by atoms with Gasteiger partial charge in [0.15, 0.2) is 5.84 Å². The Bertz CT molecular complexity index is 376. The molecule has 0 aliphatic carbocycles. The van der Waals surface area contributed by atoms with Crippen molar-refractivity contribution in [3.63, 3.8) is 0 Å². The standard InChI is InChI=1S/C11H18N4O2/c1-8(16)5-6-15(2)9-3-4-10(13-7-9)11(12)14-17/h3-4,7-8,16-17H,5-6H2,1-2H3,(H2,12,14). The molecule has 4 N–H and O–H groups in total. The molecule has 1 heterocycles. The van der Waals surface area contributed by atoms with E-state index in [2.05, 4.69) is 10.1 Å². The molecule has 0 amide bonds. The fourth-order valence-electron chi connectivity index (χ4n) is 1.32. The minimum Gasteiger partial charge on any atom is -0.409 e. The Labute approximate surface area is 100 Å². The van der Waals surface area contributed by atoms with Gasteiger partial charge in [-0.1, -0.05) is 5.16 Å². The van der Waals surface area contributed by atoms with E-state index < -0.39 is 0 Å². The number of hydrogen-bond acceptors (Lipinski definition) is 5. The molecule has 0 aliphatic heterocycles. The van der Waals surface area contributed by atoms with E-state index in [4.69, 9.17) is 10.9 Å². The minimum atomic E-state index is -0.318. The van der Waals surface area contributed by atoms with Gasteiger partial charge in [0.25, 0.3) is 0 Å². The van der Waals surface area contributed by atoms with Crippen molar-refractivity contribution in [2.45, 2.75) is 19.4 Å². The number of oxime groups is 1. The highest BCUT2D eigenvalue weighted by molar-refractivity contribution is 5.95. The second kappa shape index (κ2) is 6.05. The third-order valence-electron chi connectivity index (χ3n) is 2.44. The Hall–Kier alpha value is -1.82. The number of aliphatic hydroxyl groups excluding tert-OH is 1. The SMILES string of the molecule is CC(O)CCN(C)c1ccc(/C(N)=N/O)nc1. The second-order valence-electron chi connectivity index (χ2n) is 3.95. The molecule has 0 spiro atoms. The molecule has 0 fully saturated rings. The van der Waals surface area contributed by atoms with Crippen LogP contribution in [0.25, 0.3) is 0 Å². The van der Waals surface area contributed by atoms with Crippen molar-refractivity contribution in [2.75, 3.05) is 18.5 Å². The highest BCUT2D eigenvalue weighted by atomic mass is 16.4. The van der Waals surface area contributed by atoms with Gasteiger partial charge in [0.2, 0.25) is 0 Å². The molecule has 0 saturated heterocycles. The maximum atomic E-state index is 9.19. The molecule has 94 valence electrons. The normalized spacial score (nSPS) is 13.5. The number of nitrogens with zero attached hydrogens (tertiary/aromatic N) is 3. The van der Waals surface area contributed by atoms with Gasteiger partial charge in [-0.05, 0) is 25.5 Å². The summed E-state index contributed by atoms with van der Waals surface area (Å²) in [6.07, 6.45) is 2.02. The zero-order valence-electron chi connectivity index (χ0n) is 10.0. The van der Waals surface area contributed by atoms with E-state index in [1.165, 1.54) is 0 Å². The van der Waals surface area contributed by atoms with E-state index in [-0.39, 0.29) is 11.9 Å². The lowest BCUT2D eigenvalue weighted by molar-refractivity contribution is 0.187. The number of pyridine rings is 1.